The molecule has 0 amide bonds. The van der Waals surface area contributed by atoms with Gasteiger partial charge in [0.2, 0.25) is 0 Å². The highest BCUT2D eigenvalue weighted by molar-refractivity contribution is 5.23. The van der Waals surface area contributed by atoms with Crippen LogP contribution in [0, 0.1) is 0 Å². The molecule has 0 radical (unpaired) electrons. The van der Waals surface area contributed by atoms with Gasteiger partial charge in [0.15, 0.2) is 0 Å². The summed E-state index contributed by atoms with van der Waals surface area (Å²) in [4.78, 5) is 5.02. The van der Waals surface area contributed by atoms with Crippen molar-refractivity contribution in [1.29, 1.82) is 0 Å². The molecule has 2 rings (SSSR count). The van der Waals surface area contributed by atoms with E-state index in [-0.39, 0.29) is 0 Å². The average Bonchev–Trinajstić information content (AvgIpc) is 2.65. The summed E-state index contributed by atoms with van der Waals surface area (Å²) < 4.78 is 0. The molecule has 1 heterocycles. The molecule has 0 spiro atoms. The van der Waals surface area contributed by atoms with Gasteiger partial charge in [-0.2, -0.15) is 0 Å². The van der Waals surface area contributed by atoms with Crippen LogP contribution in [0.1, 0.15) is 30.9 Å². The predicted molar refractivity (Wildman–Crippen MR) is 85.8 cm³/mol. The summed E-state index contributed by atoms with van der Waals surface area (Å²) in [6, 6.07) is 9.04. The zero-order valence-electron chi connectivity index (χ0n) is 13.1. The molecule has 0 saturated carbocycles. The van der Waals surface area contributed by atoms with Gasteiger partial charge < -0.3 is 10.2 Å². The van der Waals surface area contributed by atoms with Crippen LogP contribution in [0.15, 0.2) is 24.3 Å². The molecule has 1 aromatic carbocycles. The van der Waals surface area contributed by atoms with Gasteiger partial charge in [-0.15, -0.1) is 0 Å². The molecular formula is C17H29N3. The molecule has 1 N–H and O–H groups in total. The molecule has 112 valence electrons. The van der Waals surface area contributed by atoms with Crippen LogP contribution in [0.25, 0.3) is 0 Å². The molecular weight excluding hydrogens is 246 g/mol. The lowest BCUT2D eigenvalue weighted by molar-refractivity contribution is 0.269. The third-order valence-corrected chi connectivity index (χ3v) is 3.97. The van der Waals surface area contributed by atoms with E-state index in [0.29, 0.717) is 0 Å². The van der Waals surface area contributed by atoms with Crippen LogP contribution in [-0.2, 0) is 13.1 Å². The largest absolute Gasteiger partial charge is 0.313 e. The lowest BCUT2D eigenvalue weighted by atomic mass is 10.1. The first-order valence-corrected chi connectivity index (χ1v) is 7.97. The quantitative estimate of drug-likeness (QED) is 0.804. The van der Waals surface area contributed by atoms with E-state index in [1.165, 1.54) is 50.1 Å². The fourth-order valence-corrected chi connectivity index (χ4v) is 2.76. The van der Waals surface area contributed by atoms with Crippen molar-refractivity contribution in [3.05, 3.63) is 35.4 Å². The Kier molecular flexibility index (Phi) is 6.51. The first kappa shape index (κ1) is 15.5. The minimum absolute atomic E-state index is 0.990. The zero-order valence-corrected chi connectivity index (χ0v) is 13.1. The highest BCUT2D eigenvalue weighted by atomic mass is 15.2. The molecule has 20 heavy (non-hydrogen) atoms. The Morgan fingerprint density at radius 3 is 2.80 bits per heavy atom. The zero-order chi connectivity index (χ0) is 14.2. The van der Waals surface area contributed by atoms with Crippen molar-refractivity contribution >= 4 is 0 Å². The summed E-state index contributed by atoms with van der Waals surface area (Å²) in [5.74, 6) is 0. The summed E-state index contributed by atoms with van der Waals surface area (Å²) in [7, 11) is 2.23. The Bertz CT molecular complexity index is 392. The maximum Gasteiger partial charge on any atom is 0.0234 e. The van der Waals surface area contributed by atoms with Gasteiger partial charge in [0.05, 0.1) is 0 Å². The molecule has 0 atom stereocenters. The van der Waals surface area contributed by atoms with E-state index < -0.39 is 0 Å². The van der Waals surface area contributed by atoms with E-state index in [1.807, 2.05) is 0 Å². The number of nitrogens with zero attached hydrogens (tertiary/aromatic N) is 2. The maximum absolute atomic E-state index is 3.48. The monoisotopic (exact) mass is 275 g/mol. The van der Waals surface area contributed by atoms with Crippen LogP contribution >= 0.6 is 0 Å². The minimum atomic E-state index is 0.990. The molecule has 1 fully saturated rings. The summed E-state index contributed by atoms with van der Waals surface area (Å²) in [5, 5.41) is 3.48. The summed E-state index contributed by atoms with van der Waals surface area (Å²) in [6.45, 7) is 10.2. The minimum Gasteiger partial charge on any atom is -0.313 e. The number of hydrogen-bond acceptors (Lipinski definition) is 3. The Morgan fingerprint density at radius 2 is 1.95 bits per heavy atom. The van der Waals surface area contributed by atoms with Crippen molar-refractivity contribution < 1.29 is 0 Å². The van der Waals surface area contributed by atoms with Crippen molar-refractivity contribution in [2.45, 2.75) is 32.9 Å². The lowest BCUT2D eigenvalue weighted by Crippen LogP contribution is -2.28. The molecule has 3 heteroatoms. The smallest absolute Gasteiger partial charge is 0.0234 e. The van der Waals surface area contributed by atoms with Crippen molar-refractivity contribution in [2.24, 2.45) is 0 Å². The van der Waals surface area contributed by atoms with Gasteiger partial charge in [-0.3, -0.25) is 4.90 Å². The number of rotatable bonds is 6. The van der Waals surface area contributed by atoms with Gasteiger partial charge in [0, 0.05) is 26.2 Å². The number of nitrogens with one attached hydrogen (secondary N) is 1. The SMILES string of the molecule is CCCNCc1cccc(CN2CCCN(C)CC2)c1. The highest BCUT2D eigenvalue weighted by Gasteiger charge is 2.12. The van der Waals surface area contributed by atoms with E-state index in [1.54, 1.807) is 0 Å². The summed E-state index contributed by atoms with van der Waals surface area (Å²) in [6.07, 6.45) is 2.48. The predicted octanol–water partition coefficient (Wildman–Crippen LogP) is 2.32. The van der Waals surface area contributed by atoms with Gasteiger partial charge in [-0.05, 0) is 50.7 Å². The molecule has 0 aliphatic carbocycles. The Hall–Kier alpha value is -0.900. The number of benzene rings is 1. The number of likely N-dealkylation sites (N-methyl/N-ethyl adjacent to an activating group) is 1. The van der Waals surface area contributed by atoms with Crippen molar-refractivity contribution in [3.63, 3.8) is 0 Å². The van der Waals surface area contributed by atoms with Crippen molar-refractivity contribution in [3.8, 4) is 0 Å². The molecule has 0 unspecified atom stereocenters. The molecule has 0 bridgehead atoms. The normalized spacial score (nSPS) is 18.1. The standard InChI is InChI=1S/C17H29N3/c1-3-8-18-14-16-6-4-7-17(13-16)15-20-10-5-9-19(2)11-12-20/h4,6-7,13,18H,3,5,8-12,14-15H2,1-2H3. The second kappa shape index (κ2) is 8.40. The van der Waals surface area contributed by atoms with Crippen LogP contribution in [-0.4, -0.2) is 49.6 Å². The fourth-order valence-electron chi connectivity index (χ4n) is 2.76. The summed E-state index contributed by atoms with van der Waals surface area (Å²) >= 11 is 0. The average molecular weight is 275 g/mol. The summed E-state index contributed by atoms with van der Waals surface area (Å²) in [5.41, 5.74) is 2.85. The Morgan fingerprint density at radius 1 is 1.10 bits per heavy atom. The van der Waals surface area contributed by atoms with Gasteiger partial charge in [0.25, 0.3) is 0 Å². The second-order valence-corrected chi connectivity index (χ2v) is 5.93. The topological polar surface area (TPSA) is 18.5 Å². The Labute approximate surface area is 124 Å². The van der Waals surface area contributed by atoms with E-state index in [2.05, 4.69) is 53.4 Å². The van der Waals surface area contributed by atoms with E-state index in [9.17, 15) is 0 Å². The van der Waals surface area contributed by atoms with Crippen molar-refractivity contribution in [2.75, 3.05) is 39.8 Å². The van der Waals surface area contributed by atoms with Gasteiger partial charge in [-0.25, -0.2) is 0 Å². The highest BCUT2D eigenvalue weighted by Crippen LogP contribution is 2.10. The van der Waals surface area contributed by atoms with Gasteiger partial charge in [0.1, 0.15) is 0 Å². The van der Waals surface area contributed by atoms with Gasteiger partial charge >= 0.3 is 0 Å². The van der Waals surface area contributed by atoms with Crippen LogP contribution in [0.4, 0.5) is 0 Å². The van der Waals surface area contributed by atoms with Gasteiger partial charge in [-0.1, -0.05) is 31.2 Å². The maximum atomic E-state index is 3.48. The van der Waals surface area contributed by atoms with Crippen LogP contribution < -0.4 is 5.32 Å². The molecule has 1 aliphatic heterocycles. The van der Waals surface area contributed by atoms with E-state index >= 15 is 0 Å². The fraction of sp³-hybridized carbons (Fsp3) is 0.647. The molecule has 1 aliphatic rings. The number of hydrogen-bond donors (Lipinski definition) is 1. The van der Waals surface area contributed by atoms with E-state index in [0.717, 1.165) is 19.6 Å². The van der Waals surface area contributed by atoms with Crippen molar-refractivity contribution in [1.82, 2.24) is 15.1 Å². The molecule has 1 saturated heterocycles. The molecule has 3 nitrogen and oxygen atoms in total. The molecule has 0 aromatic heterocycles. The Balaban J connectivity index is 1.86. The first-order valence-electron chi connectivity index (χ1n) is 7.97. The molecule has 1 aromatic rings. The van der Waals surface area contributed by atoms with Crippen LogP contribution in [0.5, 0.6) is 0 Å². The van der Waals surface area contributed by atoms with Crippen LogP contribution in [0.3, 0.4) is 0 Å². The van der Waals surface area contributed by atoms with Crippen LogP contribution in [0.2, 0.25) is 0 Å². The third kappa shape index (κ3) is 5.23. The first-order chi connectivity index (χ1) is 9.78. The van der Waals surface area contributed by atoms with E-state index in [4.69, 9.17) is 0 Å². The third-order valence-electron chi connectivity index (χ3n) is 3.97. The second-order valence-electron chi connectivity index (χ2n) is 5.93. The lowest BCUT2D eigenvalue weighted by Gasteiger charge is -2.20.